The Bertz CT molecular complexity index is 622. The van der Waals surface area contributed by atoms with Gasteiger partial charge in [0, 0.05) is 12.1 Å². The Morgan fingerprint density at radius 1 is 1.44 bits per heavy atom. The summed E-state index contributed by atoms with van der Waals surface area (Å²) in [6, 6.07) is 2.88. The van der Waals surface area contributed by atoms with Crippen LogP contribution in [-0.4, -0.2) is 35.9 Å². The van der Waals surface area contributed by atoms with Gasteiger partial charge < -0.3 is 0 Å². The molecule has 1 aliphatic rings. The molecule has 96 valence electrons. The van der Waals surface area contributed by atoms with E-state index in [2.05, 4.69) is 4.98 Å². The van der Waals surface area contributed by atoms with Crippen molar-refractivity contribution in [3.05, 3.63) is 23.9 Å². The molecule has 1 amide bonds. The number of rotatable bonds is 3. The summed E-state index contributed by atoms with van der Waals surface area (Å²) in [5, 5.41) is -0.272. The molecule has 0 saturated carbocycles. The minimum Gasteiger partial charge on any atom is -0.297 e. The van der Waals surface area contributed by atoms with Crippen molar-refractivity contribution in [3.8, 4) is 0 Å². The van der Waals surface area contributed by atoms with E-state index in [1.54, 1.807) is 13.8 Å². The maximum Gasteiger partial charge on any atom is 0.285 e. The lowest BCUT2D eigenvalue weighted by Crippen LogP contribution is -2.36. The Hall–Kier alpha value is -1.76. The maximum absolute atomic E-state index is 12.0. The number of hydrogen-bond acceptors (Lipinski definition) is 5. The minimum atomic E-state index is -3.97. The van der Waals surface area contributed by atoms with E-state index in [4.69, 9.17) is 0 Å². The second-order valence-corrected chi connectivity index (χ2v) is 6.07. The number of sulfonamides is 1. The third kappa shape index (κ3) is 1.80. The molecule has 2 rings (SSSR count). The van der Waals surface area contributed by atoms with Crippen molar-refractivity contribution in [1.29, 1.82) is 0 Å². The Morgan fingerprint density at radius 2 is 2.11 bits per heavy atom. The Balaban J connectivity index is 2.43. The largest absolute Gasteiger partial charge is 0.297 e. The average molecular weight is 268 g/mol. The highest BCUT2D eigenvalue weighted by atomic mass is 32.2. The smallest absolute Gasteiger partial charge is 0.285 e. The zero-order chi connectivity index (χ0) is 13.5. The van der Waals surface area contributed by atoms with Crippen LogP contribution in [0.4, 0.5) is 0 Å². The second kappa shape index (κ2) is 4.16. The number of carbonyl (C=O) groups excluding carboxylic acids is 2. The van der Waals surface area contributed by atoms with Gasteiger partial charge in [-0.2, -0.15) is 8.42 Å². The van der Waals surface area contributed by atoms with Crippen LogP contribution in [0.1, 0.15) is 24.2 Å². The number of fused-ring (bicyclic) bond motifs is 1. The Labute approximate surface area is 105 Å². The topological polar surface area (TPSA) is 84.4 Å². The van der Waals surface area contributed by atoms with Gasteiger partial charge in [0.25, 0.3) is 15.9 Å². The summed E-state index contributed by atoms with van der Waals surface area (Å²) in [6.45, 7) is 2.87. The molecular formula is C11H12N2O4S. The lowest BCUT2D eigenvalue weighted by Gasteiger charge is -2.14. The fourth-order valence-corrected chi connectivity index (χ4v) is 3.04. The standard InChI is InChI=1S/C11H12N2O4S/c1-7(2)9(14)6-13-11(15)8-4-3-5-12-10(8)18(13,16)17/h3-5,7H,6H2,1-2H3. The van der Waals surface area contributed by atoms with Gasteiger partial charge in [0.2, 0.25) is 0 Å². The first kappa shape index (κ1) is 12.7. The summed E-state index contributed by atoms with van der Waals surface area (Å²) in [6.07, 6.45) is 1.30. The Morgan fingerprint density at radius 3 is 2.67 bits per heavy atom. The number of hydrogen-bond donors (Lipinski definition) is 0. The summed E-state index contributed by atoms with van der Waals surface area (Å²) in [4.78, 5) is 27.2. The van der Waals surface area contributed by atoms with Crippen LogP contribution in [-0.2, 0) is 14.8 Å². The Kier molecular flexibility index (Phi) is 2.94. The van der Waals surface area contributed by atoms with Gasteiger partial charge in [0.15, 0.2) is 10.8 Å². The molecule has 0 N–H and O–H groups in total. The summed E-state index contributed by atoms with van der Waals surface area (Å²) in [5.41, 5.74) is 0.0223. The fourth-order valence-electron chi connectivity index (χ4n) is 1.59. The molecule has 0 unspecified atom stereocenters. The van der Waals surface area contributed by atoms with Crippen molar-refractivity contribution < 1.29 is 18.0 Å². The first-order chi connectivity index (χ1) is 8.35. The second-order valence-electron chi connectivity index (χ2n) is 4.29. The number of carbonyl (C=O) groups is 2. The molecule has 0 saturated heterocycles. The van der Waals surface area contributed by atoms with Crippen LogP contribution in [0.25, 0.3) is 0 Å². The van der Waals surface area contributed by atoms with Crippen molar-refractivity contribution in [1.82, 2.24) is 9.29 Å². The maximum atomic E-state index is 12.0. The number of ketones is 1. The highest BCUT2D eigenvalue weighted by molar-refractivity contribution is 7.90. The van der Waals surface area contributed by atoms with Crippen molar-refractivity contribution in [3.63, 3.8) is 0 Å². The van der Waals surface area contributed by atoms with Crippen LogP contribution in [0.3, 0.4) is 0 Å². The van der Waals surface area contributed by atoms with Gasteiger partial charge in [-0.25, -0.2) is 9.29 Å². The fraction of sp³-hybridized carbons (Fsp3) is 0.364. The van der Waals surface area contributed by atoms with Gasteiger partial charge in [-0.1, -0.05) is 13.8 Å². The molecule has 0 aliphatic carbocycles. The first-order valence-corrected chi connectivity index (χ1v) is 6.84. The molecule has 1 aromatic heterocycles. The van der Waals surface area contributed by atoms with Gasteiger partial charge in [0.1, 0.15) is 0 Å². The number of amides is 1. The molecule has 0 radical (unpaired) electrons. The SMILES string of the molecule is CC(C)C(=O)CN1C(=O)c2cccnc2S1(=O)=O. The molecule has 0 atom stereocenters. The van der Waals surface area contributed by atoms with Crippen LogP contribution >= 0.6 is 0 Å². The van der Waals surface area contributed by atoms with Crippen LogP contribution < -0.4 is 0 Å². The average Bonchev–Trinajstić information content (AvgIpc) is 2.51. The lowest BCUT2D eigenvalue weighted by molar-refractivity contribution is -0.121. The normalized spacial score (nSPS) is 17.1. The van der Waals surface area contributed by atoms with Crippen LogP contribution in [0.5, 0.6) is 0 Å². The van der Waals surface area contributed by atoms with Crippen molar-refractivity contribution >= 4 is 21.7 Å². The minimum absolute atomic E-state index is 0.0223. The zero-order valence-corrected chi connectivity index (χ0v) is 10.8. The first-order valence-electron chi connectivity index (χ1n) is 5.40. The third-order valence-electron chi connectivity index (χ3n) is 2.71. The summed E-state index contributed by atoms with van der Waals surface area (Å²) in [7, 11) is -3.97. The number of Topliss-reactive ketones (excluding diaryl/α,β-unsaturated/α-hetero) is 1. The molecule has 6 nitrogen and oxygen atoms in total. The molecule has 0 bridgehead atoms. The monoisotopic (exact) mass is 268 g/mol. The van der Waals surface area contributed by atoms with Crippen LogP contribution in [0.15, 0.2) is 23.4 Å². The van der Waals surface area contributed by atoms with Crippen molar-refractivity contribution in [2.75, 3.05) is 6.54 Å². The lowest BCUT2D eigenvalue weighted by atomic mass is 10.1. The van der Waals surface area contributed by atoms with E-state index < -0.39 is 22.5 Å². The van der Waals surface area contributed by atoms with Crippen molar-refractivity contribution in [2.24, 2.45) is 5.92 Å². The van der Waals surface area contributed by atoms with E-state index in [0.29, 0.717) is 4.31 Å². The molecule has 7 heteroatoms. The van der Waals surface area contributed by atoms with E-state index in [1.807, 2.05) is 0 Å². The van der Waals surface area contributed by atoms with E-state index in [1.165, 1.54) is 18.3 Å². The molecule has 1 aromatic rings. The van der Waals surface area contributed by atoms with Crippen LogP contribution in [0.2, 0.25) is 0 Å². The molecule has 1 aliphatic heterocycles. The molecular weight excluding hydrogens is 256 g/mol. The molecule has 0 fully saturated rings. The summed E-state index contributed by atoms with van der Waals surface area (Å²) >= 11 is 0. The van der Waals surface area contributed by atoms with Crippen LogP contribution in [0, 0.1) is 5.92 Å². The third-order valence-corrected chi connectivity index (χ3v) is 4.40. The highest BCUT2D eigenvalue weighted by Crippen LogP contribution is 2.27. The van der Waals surface area contributed by atoms with Crippen molar-refractivity contribution in [2.45, 2.75) is 18.9 Å². The highest BCUT2D eigenvalue weighted by Gasteiger charge is 2.43. The van der Waals surface area contributed by atoms with E-state index >= 15 is 0 Å². The number of nitrogens with zero attached hydrogens (tertiary/aromatic N) is 2. The van der Waals surface area contributed by atoms with Gasteiger partial charge in [0.05, 0.1) is 12.1 Å². The molecule has 0 aromatic carbocycles. The van der Waals surface area contributed by atoms with E-state index in [9.17, 15) is 18.0 Å². The summed E-state index contributed by atoms with van der Waals surface area (Å²) in [5.74, 6) is -1.32. The van der Waals surface area contributed by atoms with E-state index in [-0.39, 0.29) is 22.3 Å². The predicted octanol–water partition coefficient (Wildman–Crippen LogP) is 0.451. The quantitative estimate of drug-likeness (QED) is 0.794. The van der Waals surface area contributed by atoms with Gasteiger partial charge in [-0.05, 0) is 12.1 Å². The van der Waals surface area contributed by atoms with Gasteiger partial charge >= 0.3 is 0 Å². The number of pyridine rings is 1. The molecule has 2 heterocycles. The predicted molar refractivity (Wildman–Crippen MR) is 62.3 cm³/mol. The summed E-state index contributed by atoms with van der Waals surface area (Å²) < 4.78 is 24.7. The van der Waals surface area contributed by atoms with Gasteiger partial charge in [-0.15, -0.1) is 0 Å². The van der Waals surface area contributed by atoms with E-state index in [0.717, 1.165) is 0 Å². The molecule has 18 heavy (non-hydrogen) atoms. The van der Waals surface area contributed by atoms with Gasteiger partial charge in [-0.3, -0.25) is 9.59 Å². The molecule has 0 spiro atoms. The zero-order valence-electron chi connectivity index (χ0n) is 9.95. The number of aromatic nitrogens is 1.